The molecule has 0 aromatic rings. The molecule has 0 unspecified atom stereocenters. The molecule has 4 N–H and O–H groups in total. The number of esters is 1. The summed E-state index contributed by atoms with van der Waals surface area (Å²) in [7, 11) is 0. The second-order valence-corrected chi connectivity index (χ2v) is 2.36. The molecule has 0 aliphatic rings. The third-order valence-corrected chi connectivity index (χ3v) is 1.37. The fourth-order valence-electron chi connectivity index (χ4n) is 0.733. The number of hydrogen-bond donors (Lipinski definition) is 3. The summed E-state index contributed by atoms with van der Waals surface area (Å²) >= 11 is 0. The lowest BCUT2D eigenvalue weighted by Crippen LogP contribution is -2.26. The van der Waals surface area contributed by atoms with Crippen LogP contribution in [0, 0.1) is 5.41 Å². The molecule has 0 aromatic carbocycles. The number of hydrogen-bond acceptors (Lipinski definition) is 5. The van der Waals surface area contributed by atoms with Crippen molar-refractivity contribution in [1.29, 1.82) is 5.41 Å². The minimum Gasteiger partial charge on any atom is -0.462 e. The quantitative estimate of drug-likeness (QED) is 0.245. The highest BCUT2D eigenvalue weighted by Gasteiger charge is 2.11. The summed E-state index contributed by atoms with van der Waals surface area (Å²) in [6.45, 7) is 5.86. The maximum Gasteiger partial charge on any atom is 0.343 e. The lowest BCUT2D eigenvalue weighted by atomic mass is 10.3. The standard InChI is InChI=1S/C9H15N3O2/c1-3-5-12-8(11)7(6-10)9(13)14-4-2/h3,6,10,12H,1,4-5,11H2,2H3/b8-7+,10-6?. The summed E-state index contributed by atoms with van der Waals surface area (Å²) in [5, 5.41) is 9.72. The lowest BCUT2D eigenvalue weighted by Gasteiger charge is -2.07. The summed E-state index contributed by atoms with van der Waals surface area (Å²) in [6.07, 6.45) is 2.46. The SMILES string of the molecule is C=CCN/C(N)=C(\C=N)C(=O)OCC. The summed E-state index contributed by atoms with van der Waals surface area (Å²) < 4.78 is 4.70. The van der Waals surface area contributed by atoms with Crippen LogP contribution in [0.2, 0.25) is 0 Å². The number of carbonyl (C=O) groups excluding carboxylic acids is 1. The Balaban J connectivity index is 4.56. The van der Waals surface area contributed by atoms with E-state index in [0.717, 1.165) is 6.21 Å². The molecule has 0 aliphatic carbocycles. The number of ether oxygens (including phenoxy) is 1. The number of carbonyl (C=O) groups is 1. The molecular formula is C9H15N3O2. The van der Waals surface area contributed by atoms with Gasteiger partial charge in [0.2, 0.25) is 0 Å². The fraction of sp³-hybridized carbons (Fsp3) is 0.333. The largest absolute Gasteiger partial charge is 0.462 e. The highest BCUT2D eigenvalue weighted by molar-refractivity contribution is 6.09. The van der Waals surface area contributed by atoms with E-state index in [-0.39, 0.29) is 18.0 Å². The topological polar surface area (TPSA) is 88.2 Å². The first kappa shape index (κ1) is 12.2. The van der Waals surface area contributed by atoms with Gasteiger partial charge in [-0.1, -0.05) is 6.08 Å². The average molecular weight is 197 g/mol. The van der Waals surface area contributed by atoms with E-state index in [1.807, 2.05) is 0 Å². The molecule has 0 rings (SSSR count). The molecule has 0 spiro atoms. The van der Waals surface area contributed by atoms with Crippen molar-refractivity contribution in [3.63, 3.8) is 0 Å². The first-order chi connectivity index (χ1) is 6.67. The predicted molar refractivity (Wildman–Crippen MR) is 54.8 cm³/mol. The highest BCUT2D eigenvalue weighted by atomic mass is 16.5. The van der Waals surface area contributed by atoms with Crippen LogP contribution in [0.3, 0.4) is 0 Å². The number of nitrogens with one attached hydrogen (secondary N) is 2. The molecule has 0 aliphatic heterocycles. The fourth-order valence-corrected chi connectivity index (χ4v) is 0.733. The maximum atomic E-state index is 11.2. The second-order valence-electron chi connectivity index (χ2n) is 2.36. The van der Waals surface area contributed by atoms with Crippen LogP contribution in [-0.4, -0.2) is 25.3 Å². The molecular weight excluding hydrogens is 182 g/mol. The Labute approximate surface area is 83.1 Å². The van der Waals surface area contributed by atoms with Crippen molar-refractivity contribution in [2.75, 3.05) is 13.2 Å². The van der Waals surface area contributed by atoms with Gasteiger partial charge in [-0.15, -0.1) is 6.58 Å². The van der Waals surface area contributed by atoms with Gasteiger partial charge in [-0.2, -0.15) is 0 Å². The summed E-state index contributed by atoms with van der Waals surface area (Å²) in [5.74, 6) is -0.477. The smallest absolute Gasteiger partial charge is 0.343 e. The van der Waals surface area contributed by atoms with Gasteiger partial charge in [0.05, 0.1) is 6.61 Å². The van der Waals surface area contributed by atoms with Crippen molar-refractivity contribution in [2.24, 2.45) is 5.73 Å². The molecule has 0 bridgehead atoms. The van der Waals surface area contributed by atoms with Crippen LogP contribution < -0.4 is 11.1 Å². The molecule has 0 saturated carbocycles. The van der Waals surface area contributed by atoms with Crippen LogP contribution in [-0.2, 0) is 9.53 Å². The zero-order valence-corrected chi connectivity index (χ0v) is 8.17. The first-order valence-electron chi connectivity index (χ1n) is 4.19. The normalized spacial score (nSPS) is 11.2. The minimum absolute atomic E-state index is 0.0219. The molecule has 14 heavy (non-hydrogen) atoms. The Morgan fingerprint density at radius 2 is 2.36 bits per heavy atom. The zero-order valence-electron chi connectivity index (χ0n) is 8.17. The Hall–Kier alpha value is -1.78. The summed E-state index contributed by atoms with van der Waals surface area (Å²) in [4.78, 5) is 11.2. The van der Waals surface area contributed by atoms with Crippen molar-refractivity contribution in [3.05, 3.63) is 24.0 Å². The molecule has 78 valence electrons. The second kappa shape index (κ2) is 6.71. The van der Waals surface area contributed by atoms with Gasteiger partial charge in [-0.05, 0) is 6.92 Å². The van der Waals surface area contributed by atoms with Crippen LogP contribution in [0.25, 0.3) is 0 Å². The van der Waals surface area contributed by atoms with Crippen molar-refractivity contribution >= 4 is 12.2 Å². The van der Waals surface area contributed by atoms with E-state index in [0.29, 0.717) is 6.54 Å². The van der Waals surface area contributed by atoms with Gasteiger partial charge in [-0.3, -0.25) is 0 Å². The minimum atomic E-state index is -0.600. The molecule has 5 heteroatoms. The molecule has 5 nitrogen and oxygen atoms in total. The summed E-state index contributed by atoms with van der Waals surface area (Å²) in [6, 6.07) is 0. The lowest BCUT2D eigenvalue weighted by molar-refractivity contribution is -0.137. The van der Waals surface area contributed by atoms with Gasteiger partial charge in [0.1, 0.15) is 11.4 Å². The Bertz CT molecular complexity index is 259. The van der Waals surface area contributed by atoms with Crippen LogP contribution >= 0.6 is 0 Å². The van der Waals surface area contributed by atoms with Gasteiger partial charge in [-0.25, -0.2) is 4.79 Å². The summed E-state index contributed by atoms with van der Waals surface area (Å²) in [5.41, 5.74) is 5.54. The molecule has 0 heterocycles. The number of rotatable bonds is 6. The van der Waals surface area contributed by atoms with E-state index >= 15 is 0 Å². The van der Waals surface area contributed by atoms with Gasteiger partial charge >= 0.3 is 5.97 Å². The maximum absolute atomic E-state index is 11.2. The molecule has 0 amide bonds. The Kier molecular flexibility index (Phi) is 5.85. The van der Waals surface area contributed by atoms with Crippen LogP contribution in [0.4, 0.5) is 0 Å². The van der Waals surface area contributed by atoms with E-state index in [4.69, 9.17) is 15.9 Å². The van der Waals surface area contributed by atoms with E-state index in [2.05, 4.69) is 11.9 Å². The van der Waals surface area contributed by atoms with Crippen LogP contribution in [0.15, 0.2) is 24.0 Å². The van der Waals surface area contributed by atoms with Crippen LogP contribution in [0.5, 0.6) is 0 Å². The van der Waals surface area contributed by atoms with Gasteiger partial charge in [0, 0.05) is 12.8 Å². The third kappa shape index (κ3) is 3.75. The van der Waals surface area contributed by atoms with Crippen LogP contribution in [0.1, 0.15) is 6.92 Å². The molecule has 0 radical (unpaired) electrons. The Morgan fingerprint density at radius 1 is 1.71 bits per heavy atom. The van der Waals surface area contributed by atoms with Gasteiger partial charge in [0.15, 0.2) is 0 Å². The Morgan fingerprint density at radius 3 is 2.79 bits per heavy atom. The molecule has 0 aromatic heterocycles. The van der Waals surface area contributed by atoms with E-state index < -0.39 is 5.97 Å². The van der Waals surface area contributed by atoms with Gasteiger partial charge in [0.25, 0.3) is 0 Å². The van der Waals surface area contributed by atoms with Gasteiger partial charge < -0.3 is 21.2 Å². The monoisotopic (exact) mass is 197 g/mol. The zero-order chi connectivity index (χ0) is 11.0. The average Bonchev–Trinajstić information content (AvgIpc) is 2.16. The molecule has 0 fully saturated rings. The highest BCUT2D eigenvalue weighted by Crippen LogP contribution is 1.96. The van der Waals surface area contributed by atoms with Crippen molar-refractivity contribution in [1.82, 2.24) is 5.32 Å². The first-order valence-corrected chi connectivity index (χ1v) is 4.19. The number of nitrogens with two attached hydrogens (primary N) is 1. The molecule has 0 saturated heterocycles. The van der Waals surface area contributed by atoms with Crippen molar-refractivity contribution < 1.29 is 9.53 Å². The van der Waals surface area contributed by atoms with E-state index in [1.54, 1.807) is 13.0 Å². The molecule has 0 atom stereocenters. The van der Waals surface area contributed by atoms with Crippen molar-refractivity contribution in [3.8, 4) is 0 Å². The van der Waals surface area contributed by atoms with E-state index in [1.165, 1.54) is 0 Å². The van der Waals surface area contributed by atoms with E-state index in [9.17, 15) is 4.79 Å². The predicted octanol–water partition coefficient (Wildman–Crippen LogP) is 0.145. The third-order valence-electron chi connectivity index (χ3n) is 1.37. The van der Waals surface area contributed by atoms with Crippen molar-refractivity contribution in [2.45, 2.75) is 6.92 Å².